The molecule has 0 spiro atoms. The second-order valence-electron chi connectivity index (χ2n) is 6.20. The van der Waals surface area contributed by atoms with Crippen LogP contribution in [0.1, 0.15) is 56.8 Å². The van der Waals surface area contributed by atoms with Gasteiger partial charge in [-0.1, -0.05) is 19.8 Å². The van der Waals surface area contributed by atoms with Gasteiger partial charge in [-0.25, -0.2) is 0 Å². The van der Waals surface area contributed by atoms with E-state index in [0.29, 0.717) is 18.0 Å². The monoisotopic (exact) mass is 278 g/mol. The molecule has 1 aromatic rings. The van der Waals surface area contributed by atoms with Crippen molar-refractivity contribution >= 4 is 0 Å². The third-order valence-corrected chi connectivity index (χ3v) is 4.96. The normalized spacial score (nSPS) is 25.1. The average Bonchev–Trinajstić information content (AvgIpc) is 2.79. The van der Waals surface area contributed by atoms with Crippen molar-refractivity contribution in [3.8, 4) is 0 Å². The van der Waals surface area contributed by atoms with Crippen LogP contribution in [0.25, 0.3) is 0 Å². The Kier molecular flexibility index (Phi) is 5.22. The second kappa shape index (κ2) is 6.72. The zero-order valence-electron chi connectivity index (χ0n) is 13.5. The molecule has 3 unspecified atom stereocenters. The van der Waals surface area contributed by atoms with E-state index in [-0.39, 0.29) is 0 Å². The van der Waals surface area contributed by atoms with Gasteiger partial charge in [-0.15, -0.1) is 0 Å². The number of nitrogens with two attached hydrogens (primary N) is 1. The quantitative estimate of drug-likeness (QED) is 0.900. The SMILES string of the molecule is CCN(C(C)c1cn(C)nc1C)C1CCCCC1CN. The molecule has 0 saturated heterocycles. The fourth-order valence-electron chi connectivity index (χ4n) is 3.90. The lowest BCUT2D eigenvalue weighted by Crippen LogP contribution is -2.46. The molecule has 0 amide bonds. The first kappa shape index (κ1) is 15.5. The molecule has 1 aliphatic carbocycles. The summed E-state index contributed by atoms with van der Waals surface area (Å²) in [6.45, 7) is 8.59. The topological polar surface area (TPSA) is 47.1 Å². The number of hydrogen-bond acceptors (Lipinski definition) is 3. The zero-order chi connectivity index (χ0) is 14.7. The summed E-state index contributed by atoms with van der Waals surface area (Å²) in [7, 11) is 2.00. The van der Waals surface area contributed by atoms with Crippen LogP contribution in [0.5, 0.6) is 0 Å². The molecule has 20 heavy (non-hydrogen) atoms. The summed E-state index contributed by atoms with van der Waals surface area (Å²) in [6.07, 6.45) is 7.44. The number of rotatable bonds is 5. The van der Waals surface area contributed by atoms with Crippen molar-refractivity contribution < 1.29 is 0 Å². The minimum Gasteiger partial charge on any atom is -0.330 e. The summed E-state index contributed by atoms with van der Waals surface area (Å²) < 4.78 is 1.93. The van der Waals surface area contributed by atoms with Crippen molar-refractivity contribution in [2.45, 2.75) is 58.5 Å². The first-order chi connectivity index (χ1) is 9.58. The maximum atomic E-state index is 6.02. The van der Waals surface area contributed by atoms with Crippen LogP contribution in [-0.4, -0.2) is 33.8 Å². The van der Waals surface area contributed by atoms with Gasteiger partial charge >= 0.3 is 0 Å². The Balaban J connectivity index is 2.20. The van der Waals surface area contributed by atoms with Crippen LogP contribution in [0.2, 0.25) is 0 Å². The molecule has 1 heterocycles. The summed E-state index contributed by atoms with van der Waals surface area (Å²) in [5.74, 6) is 0.656. The molecular formula is C16H30N4. The molecule has 1 aromatic heterocycles. The molecular weight excluding hydrogens is 248 g/mol. The van der Waals surface area contributed by atoms with Crippen LogP contribution in [0.15, 0.2) is 6.20 Å². The van der Waals surface area contributed by atoms with Crippen molar-refractivity contribution in [2.24, 2.45) is 18.7 Å². The fraction of sp³-hybridized carbons (Fsp3) is 0.812. The summed E-state index contributed by atoms with van der Waals surface area (Å²) in [5.41, 5.74) is 8.52. The highest BCUT2D eigenvalue weighted by atomic mass is 15.3. The van der Waals surface area contributed by atoms with E-state index in [0.717, 1.165) is 18.8 Å². The highest BCUT2D eigenvalue weighted by molar-refractivity contribution is 5.19. The lowest BCUT2D eigenvalue weighted by molar-refractivity contribution is 0.0767. The molecule has 1 fully saturated rings. The number of nitrogens with zero attached hydrogens (tertiary/aromatic N) is 3. The molecule has 1 saturated carbocycles. The molecule has 2 N–H and O–H groups in total. The van der Waals surface area contributed by atoms with E-state index in [2.05, 4.69) is 37.0 Å². The van der Waals surface area contributed by atoms with E-state index in [1.165, 1.54) is 31.2 Å². The molecule has 0 aromatic carbocycles. The van der Waals surface area contributed by atoms with Crippen LogP contribution in [-0.2, 0) is 7.05 Å². The highest BCUT2D eigenvalue weighted by Gasteiger charge is 2.32. The predicted molar refractivity (Wildman–Crippen MR) is 83.5 cm³/mol. The van der Waals surface area contributed by atoms with Crippen LogP contribution in [0.3, 0.4) is 0 Å². The summed E-state index contributed by atoms with van der Waals surface area (Å²) in [6, 6.07) is 1.05. The third kappa shape index (κ3) is 3.07. The first-order valence-electron chi connectivity index (χ1n) is 8.04. The van der Waals surface area contributed by atoms with Gasteiger partial charge in [0.05, 0.1) is 5.69 Å². The fourth-order valence-corrected chi connectivity index (χ4v) is 3.90. The lowest BCUT2D eigenvalue weighted by Gasteiger charge is -2.42. The van der Waals surface area contributed by atoms with Crippen molar-refractivity contribution in [3.63, 3.8) is 0 Å². The van der Waals surface area contributed by atoms with Gasteiger partial charge in [0.25, 0.3) is 0 Å². The van der Waals surface area contributed by atoms with Crippen LogP contribution in [0, 0.1) is 12.8 Å². The van der Waals surface area contributed by atoms with E-state index in [1.54, 1.807) is 0 Å². The van der Waals surface area contributed by atoms with Gasteiger partial charge < -0.3 is 5.73 Å². The van der Waals surface area contributed by atoms with E-state index >= 15 is 0 Å². The molecule has 0 aliphatic heterocycles. The average molecular weight is 278 g/mol. The van der Waals surface area contributed by atoms with Gasteiger partial charge in [-0.2, -0.15) is 5.10 Å². The summed E-state index contributed by atoms with van der Waals surface area (Å²) in [4.78, 5) is 2.64. The van der Waals surface area contributed by atoms with Crippen LogP contribution < -0.4 is 5.73 Å². The van der Waals surface area contributed by atoms with Gasteiger partial charge in [0.2, 0.25) is 0 Å². The lowest BCUT2D eigenvalue weighted by atomic mass is 9.82. The van der Waals surface area contributed by atoms with E-state index < -0.39 is 0 Å². The maximum absolute atomic E-state index is 6.02. The molecule has 1 aliphatic rings. The Bertz CT molecular complexity index is 426. The summed E-state index contributed by atoms with van der Waals surface area (Å²) in [5, 5.41) is 4.50. The van der Waals surface area contributed by atoms with Gasteiger partial charge in [0, 0.05) is 30.9 Å². The molecule has 114 valence electrons. The number of hydrogen-bond donors (Lipinski definition) is 1. The number of aromatic nitrogens is 2. The molecule has 2 rings (SSSR count). The second-order valence-corrected chi connectivity index (χ2v) is 6.20. The molecule has 0 radical (unpaired) electrons. The minimum atomic E-state index is 0.422. The Morgan fingerprint density at radius 2 is 2.15 bits per heavy atom. The van der Waals surface area contributed by atoms with Crippen molar-refractivity contribution in [3.05, 3.63) is 17.5 Å². The van der Waals surface area contributed by atoms with Crippen molar-refractivity contribution in [1.82, 2.24) is 14.7 Å². The van der Waals surface area contributed by atoms with E-state index in [9.17, 15) is 0 Å². The van der Waals surface area contributed by atoms with Gasteiger partial charge in [-0.3, -0.25) is 9.58 Å². The smallest absolute Gasteiger partial charge is 0.0641 e. The van der Waals surface area contributed by atoms with Crippen molar-refractivity contribution in [1.29, 1.82) is 0 Å². The molecule has 4 heteroatoms. The van der Waals surface area contributed by atoms with Crippen molar-refractivity contribution in [2.75, 3.05) is 13.1 Å². The van der Waals surface area contributed by atoms with E-state index in [1.807, 2.05) is 11.7 Å². The first-order valence-corrected chi connectivity index (χ1v) is 8.04. The Labute approximate surface area is 123 Å². The van der Waals surface area contributed by atoms with E-state index in [4.69, 9.17) is 5.73 Å². The third-order valence-electron chi connectivity index (χ3n) is 4.96. The molecule has 3 atom stereocenters. The highest BCUT2D eigenvalue weighted by Crippen LogP contribution is 2.33. The summed E-state index contributed by atoms with van der Waals surface area (Å²) >= 11 is 0. The zero-order valence-corrected chi connectivity index (χ0v) is 13.5. The Hall–Kier alpha value is -0.870. The molecule has 0 bridgehead atoms. The maximum Gasteiger partial charge on any atom is 0.0641 e. The Morgan fingerprint density at radius 1 is 1.45 bits per heavy atom. The largest absolute Gasteiger partial charge is 0.330 e. The standard InChI is InChI=1S/C16H30N4/c1-5-20(16-9-7-6-8-14(16)10-17)13(3)15-11-19(4)18-12(15)2/h11,13-14,16H,5-10,17H2,1-4H3. The van der Waals surface area contributed by atoms with Gasteiger partial charge in [-0.05, 0) is 45.7 Å². The molecule has 4 nitrogen and oxygen atoms in total. The number of aryl methyl sites for hydroxylation is 2. The van der Waals surface area contributed by atoms with Gasteiger partial charge in [0.15, 0.2) is 0 Å². The van der Waals surface area contributed by atoms with Gasteiger partial charge in [0.1, 0.15) is 0 Å². The Morgan fingerprint density at radius 3 is 2.70 bits per heavy atom. The minimum absolute atomic E-state index is 0.422. The predicted octanol–water partition coefficient (Wildman–Crippen LogP) is 2.63. The van der Waals surface area contributed by atoms with Crippen LogP contribution in [0.4, 0.5) is 0 Å². The van der Waals surface area contributed by atoms with Crippen LogP contribution >= 0.6 is 0 Å².